The summed E-state index contributed by atoms with van der Waals surface area (Å²) in [7, 11) is 0. The second-order valence-corrected chi connectivity index (χ2v) is 9.78. The first kappa shape index (κ1) is 19.8. The molecule has 0 bridgehead atoms. The fraction of sp³-hybridized carbons (Fsp3) is 0.684. The molecule has 2 heterocycles. The lowest BCUT2D eigenvalue weighted by molar-refractivity contribution is -0.137. The maximum Gasteiger partial charge on any atom is 0.325 e. The Morgan fingerprint density at radius 3 is 2.78 bits per heavy atom. The van der Waals surface area contributed by atoms with E-state index in [0.29, 0.717) is 31.7 Å². The summed E-state index contributed by atoms with van der Waals surface area (Å²) >= 11 is 1.57. The van der Waals surface area contributed by atoms with Crippen molar-refractivity contribution in [3.05, 3.63) is 16.1 Å². The standard InChI is InChI=1S/C19H28N4O3S/c1-12-7-18(3,4)11-19(8-12)16(25)23(17(26)22-19)9-15(24)20-6-5-14-10-27-13(2)21-14/h10,12H,5-9,11H2,1-4H3,(H,20,24)(H,22,26)/t12-,19-/m0/s1. The van der Waals surface area contributed by atoms with Gasteiger partial charge in [0, 0.05) is 18.3 Å². The van der Waals surface area contributed by atoms with Crippen LogP contribution in [0.3, 0.4) is 0 Å². The van der Waals surface area contributed by atoms with Crippen LogP contribution in [-0.4, -0.2) is 46.4 Å². The van der Waals surface area contributed by atoms with Crippen molar-refractivity contribution >= 4 is 29.2 Å². The van der Waals surface area contributed by atoms with Crippen LogP contribution >= 0.6 is 11.3 Å². The van der Waals surface area contributed by atoms with E-state index in [-0.39, 0.29) is 23.8 Å². The summed E-state index contributed by atoms with van der Waals surface area (Å²) in [5.74, 6) is -0.253. The number of rotatable bonds is 5. The van der Waals surface area contributed by atoms with Gasteiger partial charge in [0.05, 0.1) is 10.7 Å². The highest BCUT2D eigenvalue weighted by Crippen LogP contribution is 2.46. The molecule has 148 valence electrons. The molecular formula is C19H28N4O3S. The highest BCUT2D eigenvalue weighted by Gasteiger charge is 2.56. The molecule has 7 nitrogen and oxygen atoms in total. The van der Waals surface area contributed by atoms with E-state index in [1.165, 1.54) is 0 Å². The van der Waals surface area contributed by atoms with Crippen LogP contribution in [0.2, 0.25) is 0 Å². The number of thiazole rings is 1. The van der Waals surface area contributed by atoms with E-state index in [0.717, 1.165) is 22.0 Å². The topological polar surface area (TPSA) is 91.4 Å². The number of amides is 4. The average Bonchev–Trinajstić information content (AvgIpc) is 3.02. The zero-order chi connectivity index (χ0) is 19.8. The molecule has 1 aliphatic carbocycles. The molecule has 8 heteroatoms. The lowest BCUT2D eigenvalue weighted by atomic mass is 9.64. The predicted octanol–water partition coefficient (Wildman–Crippen LogP) is 2.25. The van der Waals surface area contributed by atoms with Gasteiger partial charge in [-0.15, -0.1) is 11.3 Å². The zero-order valence-corrected chi connectivity index (χ0v) is 17.2. The SMILES string of the molecule is Cc1nc(CCNC(=O)CN2C(=O)N[C@]3(C[C@@H](C)CC(C)(C)C3)C2=O)cs1. The van der Waals surface area contributed by atoms with Crippen molar-refractivity contribution in [2.75, 3.05) is 13.1 Å². The first-order valence-corrected chi connectivity index (χ1v) is 10.3. The molecule has 0 radical (unpaired) electrons. The Kier molecular flexibility index (Phi) is 5.29. The Bertz CT molecular complexity index is 760. The third-order valence-corrected chi connectivity index (χ3v) is 6.12. The normalized spacial score (nSPS) is 27.1. The van der Waals surface area contributed by atoms with Gasteiger partial charge in [-0.25, -0.2) is 9.78 Å². The summed E-state index contributed by atoms with van der Waals surface area (Å²) in [6, 6.07) is -0.463. The quantitative estimate of drug-likeness (QED) is 0.752. The van der Waals surface area contributed by atoms with E-state index in [9.17, 15) is 14.4 Å². The maximum absolute atomic E-state index is 13.0. The molecule has 2 aliphatic rings. The van der Waals surface area contributed by atoms with Crippen LogP contribution in [0.1, 0.15) is 50.7 Å². The zero-order valence-electron chi connectivity index (χ0n) is 16.4. The highest BCUT2D eigenvalue weighted by atomic mass is 32.1. The first-order chi connectivity index (χ1) is 12.6. The molecule has 0 unspecified atom stereocenters. The summed E-state index contributed by atoms with van der Waals surface area (Å²) in [6.07, 6.45) is 2.89. The third-order valence-electron chi connectivity index (χ3n) is 5.30. The van der Waals surface area contributed by atoms with Gasteiger partial charge < -0.3 is 10.6 Å². The Morgan fingerprint density at radius 2 is 2.15 bits per heavy atom. The van der Waals surface area contributed by atoms with E-state index < -0.39 is 11.6 Å². The van der Waals surface area contributed by atoms with Gasteiger partial charge in [0.25, 0.3) is 5.91 Å². The minimum atomic E-state index is -0.864. The Balaban J connectivity index is 1.57. The Labute approximate surface area is 163 Å². The van der Waals surface area contributed by atoms with Gasteiger partial charge in [-0.05, 0) is 37.5 Å². The molecule has 1 spiro atoms. The summed E-state index contributed by atoms with van der Waals surface area (Å²) in [5.41, 5.74) is 0.0476. The molecule has 1 aromatic rings. The molecule has 1 saturated carbocycles. The number of urea groups is 1. The van der Waals surface area contributed by atoms with Crippen LogP contribution in [0.15, 0.2) is 5.38 Å². The van der Waals surface area contributed by atoms with Gasteiger partial charge in [-0.2, -0.15) is 0 Å². The molecule has 2 N–H and O–H groups in total. The van der Waals surface area contributed by atoms with Gasteiger partial charge in [-0.1, -0.05) is 20.8 Å². The van der Waals surface area contributed by atoms with Crippen molar-refractivity contribution in [2.24, 2.45) is 11.3 Å². The molecule has 1 saturated heterocycles. The maximum atomic E-state index is 13.0. The lowest BCUT2D eigenvalue weighted by Crippen LogP contribution is -2.54. The first-order valence-electron chi connectivity index (χ1n) is 9.42. The van der Waals surface area contributed by atoms with Gasteiger partial charge in [0.2, 0.25) is 5.91 Å². The van der Waals surface area contributed by atoms with Crippen LogP contribution in [0, 0.1) is 18.3 Å². The fourth-order valence-electron chi connectivity index (χ4n) is 4.70. The van der Waals surface area contributed by atoms with Crippen molar-refractivity contribution in [3.8, 4) is 0 Å². The second kappa shape index (κ2) is 7.22. The Morgan fingerprint density at radius 1 is 1.41 bits per heavy atom. The smallest absolute Gasteiger partial charge is 0.325 e. The van der Waals surface area contributed by atoms with E-state index in [4.69, 9.17) is 0 Å². The summed E-state index contributed by atoms with van der Waals surface area (Å²) in [5, 5.41) is 8.63. The number of aromatic nitrogens is 1. The molecule has 27 heavy (non-hydrogen) atoms. The van der Waals surface area contributed by atoms with Crippen LogP contribution < -0.4 is 10.6 Å². The minimum absolute atomic E-state index is 0.0233. The van der Waals surface area contributed by atoms with Gasteiger partial charge in [0.1, 0.15) is 12.1 Å². The van der Waals surface area contributed by atoms with Gasteiger partial charge in [0.15, 0.2) is 0 Å². The fourth-order valence-corrected chi connectivity index (χ4v) is 5.35. The van der Waals surface area contributed by atoms with Crippen molar-refractivity contribution in [1.29, 1.82) is 0 Å². The molecule has 3 rings (SSSR count). The number of carbonyl (C=O) groups is 3. The third kappa shape index (κ3) is 4.31. The number of aryl methyl sites for hydroxylation is 1. The number of nitrogens with one attached hydrogen (secondary N) is 2. The molecular weight excluding hydrogens is 364 g/mol. The summed E-state index contributed by atoms with van der Waals surface area (Å²) in [4.78, 5) is 43.1. The summed E-state index contributed by atoms with van der Waals surface area (Å²) in [6.45, 7) is 8.49. The molecule has 1 aliphatic heterocycles. The molecule has 4 amide bonds. The van der Waals surface area contributed by atoms with E-state index in [1.54, 1.807) is 11.3 Å². The molecule has 2 atom stereocenters. The van der Waals surface area contributed by atoms with E-state index in [1.807, 2.05) is 12.3 Å². The highest BCUT2D eigenvalue weighted by molar-refractivity contribution is 7.09. The van der Waals surface area contributed by atoms with E-state index in [2.05, 4.69) is 36.4 Å². The Hall–Kier alpha value is -1.96. The number of hydrogen-bond donors (Lipinski definition) is 2. The number of carbonyl (C=O) groups excluding carboxylic acids is 3. The molecule has 2 fully saturated rings. The van der Waals surface area contributed by atoms with Crippen molar-refractivity contribution in [3.63, 3.8) is 0 Å². The minimum Gasteiger partial charge on any atom is -0.354 e. The number of imide groups is 1. The average molecular weight is 393 g/mol. The van der Waals surface area contributed by atoms with Gasteiger partial charge in [-0.3, -0.25) is 14.5 Å². The monoisotopic (exact) mass is 392 g/mol. The van der Waals surface area contributed by atoms with Gasteiger partial charge >= 0.3 is 6.03 Å². The molecule has 1 aromatic heterocycles. The van der Waals surface area contributed by atoms with Crippen molar-refractivity contribution < 1.29 is 14.4 Å². The van der Waals surface area contributed by atoms with E-state index >= 15 is 0 Å². The summed E-state index contributed by atoms with van der Waals surface area (Å²) < 4.78 is 0. The van der Waals surface area contributed by atoms with Crippen molar-refractivity contribution in [1.82, 2.24) is 20.5 Å². The van der Waals surface area contributed by atoms with Crippen molar-refractivity contribution in [2.45, 2.75) is 58.9 Å². The second-order valence-electron chi connectivity index (χ2n) is 8.72. The van der Waals surface area contributed by atoms with Crippen LogP contribution in [0.25, 0.3) is 0 Å². The van der Waals surface area contributed by atoms with Crippen LogP contribution in [0.4, 0.5) is 4.79 Å². The lowest BCUT2D eigenvalue weighted by Gasteiger charge is -2.43. The number of nitrogens with zero attached hydrogens (tertiary/aromatic N) is 2. The van der Waals surface area contributed by atoms with Crippen LogP contribution in [0.5, 0.6) is 0 Å². The number of hydrogen-bond acceptors (Lipinski definition) is 5. The molecule has 0 aromatic carbocycles. The van der Waals surface area contributed by atoms with Crippen LogP contribution in [-0.2, 0) is 16.0 Å². The largest absolute Gasteiger partial charge is 0.354 e. The predicted molar refractivity (Wildman–Crippen MR) is 103 cm³/mol.